The molecule has 4 nitrogen and oxygen atoms in total. The number of rotatable bonds is 4. The Labute approximate surface area is 111 Å². The van der Waals surface area contributed by atoms with Crippen LogP contribution < -0.4 is 5.32 Å². The monoisotopic (exact) mass is 258 g/mol. The summed E-state index contributed by atoms with van der Waals surface area (Å²) in [6.45, 7) is 1.98. The minimum absolute atomic E-state index is 0.691. The van der Waals surface area contributed by atoms with Crippen LogP contribution in [0.1, 0.15) is 13.3 Å². The highest BCUT2D eigenvalue weighted by Gasteiger charge is 1.97. The molecule has 18 heavy (non-hydrogen) atoms. The molecule has 0 bridgehead atoms. The van der Waals surface area contributed by atoms with Gasteiger partial charge < -0.3 is 10.3 Å². The summed E-state index contributed by atoms with van der Waals surface area (Å²) in [7, 11) is 0. The lowest BCUT2D eigenvalue weighted by atomic mass is 10.1. The van der Waals surface area contributed by atoms with E-state index in [2.05, 4.69) is 20.3 Å². The Morgan fingerprint density at radius 2 is 2.22 bits per heavy atom. The molecule has 2 aromatic rings. The second-order valence-electron chi connectivity index (χ2n) is 3.69. The highest BCUT2D eigenvalue weighted by atomic mass is 32.1. The van der Waals surface area contributed by atoms with E-state index in [1.165, 1.54) is 0 Å². The van der Waals surface area contributed by atoms with Gasteiger partial charge in [-0.15, -0.1) is 0 Å². The van der Waals surface area contributed by atoms with Crippen LogP contribution in [0.5, 0.6) is 0 Å². The van der Waals surface area contributed by atoms with Gasteiger partial charge in [0.15, 0.2) is 0 Å². The summed E-state index contributed by atoms with van der Waals surface area (Å²) < 4.78 is 0. The van der Waals surface area contributed by atoms with Gasteiger partial charge in [0.05, 0.1) is 24.6 Å². The van der Waals surface area contributed by atoms with Crippen LogP contribution in [0.4, 0.5) is 5.69 Å². The van der Waals surface area contributed by atoms with Crippen molar-refractivity contribution in [2.24, 2.45) is 4.99 Å². The highest BCUT2D eigenvalue weighted by molar-refractivity contribution is 7.80. The van der Waals surface area contributed by atoms with Gasteiger partial charge in [0.2, 0.25) is 0 Å². The molecule has 0 spiro atoms. The molecule has 0 saturated carbocycles. The molecule has 1 aromatic heterocycles. The third kappa shape index (κ3) is 3.24. The number of thiocarbonyl (C=S) groups is 1. The van der Waals surface area contributed by atoms with E-state index in [0.29, 0.717) is 4.99 Å². The van der Waals surface area contributed by atoms with Gasteiger partial charge in [0.25, 0.3) is 0 Å². The lowest BCUT2D eigenvalue weighted by Gasteiger charge is -2.02. The minimum atomic E-state index is 0.691. The van der Waals surface area contributed by atoms with Gasteiger partial charge in [-0.1, -0.05) is 31.3 Å². The number of anilines is 1. The molecule has 0 unspecified atom stereocenters. The Bertz CT molecular complexity index is 529. The van der Waals surface area contributed by atoms with Crippen molar-refractivity contribution in [3.05, 3.63) is 36.8 Å². The predicted octanol–water partition coefficient (Wildman–Crippen LogP) is 3.25. The van der Waals surface area contributed by atoms with Gasteiger partial charge in [0.1, 0.15) is 4.99 Å². The average molecular weight is 258 g/mol. The molecular formula is C13H14N4S. The maximum atomic E-state index is 5.00. The molecule has 0 aliphatic heterocycles. The Kier molecular flexibility index (Phi) is 4.20. The second-order valence-corrected chi connectivity index (χ2v) is 4.16. The first-order valence-corrected chi connectivity index (χ1v) is 6.11. The smallest absolute Gasteiger partial charge is 0.104 e. The first kappa shape index (κ1) is 12.4. The van der Waals surface area contributed by atoms with Crippen LogP contribution in [0, 0.1) is 0 Å². The van der Waals surface area contributed by atoms with Gasteiger partial charge in [-0.25, -0.2) is 9.98 Å². The van der Waals surface area contributed by atoms with E-state index in [1.807, 2.05) is 31.2 Å². The molecule has 1 aromatic carbocycles. The maximum absolute atomic E-state index is 5.00. The van der Waals surface area contributed by atoms with Crippen molar-refractivity contribution >= 4 is 29.2 Å². The molecule has 0 aliphatic rings. The number of hydrogen-bond donors (Lipinski definition) is 2. The number of H-pyrrole nitrogens is 1. The Morgan fingerprint density at radius 1 is 1.44 bits per heavy atom. The van der Waals surface area contributed by atoms with Gasteiger partial charge in [-0.2, -0.15) is 0 Å². The second kappa shape index (κ2) is 6.07. The van der Waals surface area contributed by atoms with Gasteiger partial charge in [-0.3, -0.25) is 0 Å². The predicted molar refractivity (Wildman–Crippen MR) is 79.0 cm³/mol. The Morgan fingerprint density at radius 3 is 2.83 bits per heavy atom. The van der Waals surface area contributed by atoms with Crippen molar-refractivity contribution in [3.63, 3.8) is 0 Å². The molecule has 0 aliphatic carbocycles. The highest BCUT2D eigenvalue weighted by Crippen LogP contribution is 2.18. The van der Waals surface area contributed by atoms with Crippen LogP contribution >= 0.6 is 12.2 Å². The van der Waals surface area contributed by atoms with E-state index in [9.17, 15) is 0 Å². The minimum Gasteiger partial charge on any atom is -0.346 e. The fraction of sp³-hybridized carbons (Fsp3) is 0.154. The van der Waals surface area contributed by atoms with E-state index >= 15 is 0 Å². The fourth-order valence-electron chi connectivity index (χ4n) is 1.43. The zero-order valence-corrected chi connectivity index (χ0v) is 10.9. The molecule has 1 heterocycles. The first-order valence-electron chi connectivity index (χ1n) is 5.70. The standard InChI is InChI=1S/C13H14N4S/c1-2-13(18)17-9-15-11-5-3-10(4-6-11)12-7-14-8-16-12/h3-9H,2H2,1H3,(H,14,16)(H,15,17,18). The lowest BCUT2D eigenvalue weighted by molar-refractivity contribution is 1.29. The van der Waals surface area contributed by atoms with E-state index in [0.717, 1.165) is 23.4 Å². The van der Waals surface area contributed by atoms with E-state index < -0.39 is 0 Å². The summed E-state index contributed by atoms with van der Waals surface area (Å²) in [5, 5.41) is 3.08. The summed E-state index contributed by atoms with van der Waals surface area (Å²) in [6, 6.07) is 8.00. The summed E-state index contributed by atoms with van der Waals surface area (Å²) in [6.07, 6.45) is 5.87. The molecule has 5 heteroatoms. The molecule has 0 radical (unpaired) electrons. The fourth-order valence-corrected chi connectivity index (χ4v) is 1.48. The van der Waals surface area contributed by atoms with Crippen LogP contribution in [0.25, 0.3) is 11.3 Å². The van der Waals surface area contributed by atoms with Crippen molar-refractivity contribution in [3.8, 4) is 11.3 Å². The SMILES string of the molecule is CCC(=S)N=CNc1ccc(-c2cnc[nH]2)cc1. The molecule has 0 atom stereocenters. The molecule has 0 saturated heterocycles. The van der Waals surface area contributed by atoms with Crippen molar-refractivity contribution in [2.45, 2.75) is 13.3 Å². The molecule has 0 amide bonds. The summed E-state index contributed by atoms with van der Waals surface area (Å²) >= 11 is 5.00. The van der Waals surface area contributed by atoms with Crippen molar-refractivity contribution in [2.75, 3.05) is 5.32 Å². The van der Waals surface area contributed by atoms with Crippen molar-refractivity contribution < 1.29 is 0 Å². The van der Waals surface area contributed by atoms with Crippen LogP contribution in [0.3, 0.4) is 0 Å². The molecule has 2 N–H and O–H groups in total. The van der Waals surface area contributed by atoms with Crippen molar-refractivity contribution in [1.29, 1.82) is 0 Å². The number of nitrogens with one attached hydrogen (secondary N) is 2. The van der Waals surface area contributed by atoms with Crippen LogP contribution in [-0.2, 0) is 0 Å². The van der Waals surface area contributed by atoms with Crippen molar-refractivity contribution in [1.82, 2.24) is 9.97 Å². The Balaban J connectivity index is 2.00. The quantitative estimate of drug-likeness (QED) is 0.503. The normalized spacial score (nSPS) is 10.7. The number of nitrogens with zero attached hydrogens (tertiary/aromatic N) is 2. The molecular weight excluding hydrogens is 244 g/mol. The number of aliphatic imine (C=N–C) groups is 1. The topological polar surface area (TPSA) is 53.1 Å². The number of hydrogen-bond acceptors (Lipinski definition) is 2. The molecule has 92 valence electrons. The Hall–Kier alpha value is -2.01. The lowest BCUT2D eigenvalue weighted by Crippen LogP contribution is -1.97. The summed E-state index contributed by atoms with van der Waals surface area (Å²) in [5.41, 5.74) is 3.07. The van der Waals surface area contributed by atoms with Crippen LogP contribution in [0.2, 0.25) is 0 Å². The molecule has 0 fully saturated rings. The third-order valence-electron chi connectivity index (χ3n) is 2.44. The van der Waals surface area contributed by atoms with Gasteiger partial charge >= 0.3 is 0 Å². The zero-order valence-electron chi connectivity index (χ0n) is 10.1. The zero-order chi connectivity index (χ0) is 12.8. The maximum Gasteiger partial charge on any atom is 0.104 e. The van der Waals surface area contributed by atoms with Crippen LogP contribution in [0.15, 0.2) is 41.8 Å². The van der Waals surface area contributed by atoms with Gasteiger partial charge in [-0.05, 0) is 24.1 Å². The summed E-state index contributed by atoms with van der Waals surface area (Å²) in [4.78, 5) is 11.8. The number of benzene rings is 1. The van der Waals surface area contributed by atoms with E-state index in [4.69, 9.17) is 12.2 Å². The number of imidazole rings is 1. The largest absolute Gasteiger partial charge is 0.346 e. The summed E-state index contributed by atoms with van der Waals surface area (Å²) in [5.74, 6) is 0. The number of aromatic nitrogens is 2. The third-order valence-corrected chi connectivity index (χ3v) is 2.83. The van der Waals surface area contributed by atoms with E-state index in [1.54, 1.807) is 18.9 Å². The van der Waals surface area contributed by atoms with E-state index in [-0.39, 0.29) is 0 Å². The van der Waals surface area contributed by atoms with Gasteiger partial charge in [0, 0.05) is 5.69 Å². The first-order chi connectivity index (χ1) is 8.79. The number of aromatic amines is 1. The molecule has 2 rings (SSSR count). The average Bonchev–Trinajstić information content (AvgIpc) is 2.93. The van der Waals surface area contributed by atoms with Crippen LogP contribution in [-0.4, -0.2) is 21.3 Å².